The predicted molar refractivity (Wildman–Crippen MR) is 46.9 cm³/mol. The lowest BCUT2D eigenvalue weighted by atomic mass is 9.97. The maximum absolute atomic E-state index is 10.7. The van der Waals surface area contributed by atoms with Crippen LogP contribution in [0.3, 0.4) is 0 Å². The van der Waals surface area contributed by atoms with Crippen LogP contribution in [0.1, 0.15) is 6.42 Å². The van der Waals surface area contributed by atoms with Crippen molar-refractivity contribution in [2.45, 2.75) is 6.42 Å². The Labute approximate surface area is 75.7 Å². The van der Waals surface area contributed by atoms with Gasteiger partial charge in [-0.25, -0.2) is 0 Å². The molecule has 0 saturated carbocycles. The second-order valence-corrected chi connectivity index (χ2v) is 3.12. The Morgan fingerprint density at radius 1 is 1.73 bits per heavy atom. The van der Waals surface area contributed by atoms with Crippen LogP contribution in [0.15, 0.2) is 23.8 Å². The van der Waals surface area contributed by atoms with E-state index >= 15 is 0 Å². The minimum Gasteiger partial charge on any atom is -0.276 e. The van der Waals surface area contributed by atoms with E-state index in [1.54, 1.807) is 6.08 Å². The summed E-state index contributed by atoms with van der Waals surface area (Å²) in [5.74, 6) is 0.803. The molecule has 0 N–H and O–H groups in total. The minimum absolute atomic E-state index is 0.263. The molecule has 1 atom stereocenters. The van der Waals surface area contributed by atoms with Crippen molar-refractivity contribution in [2.24, 2.45) is 5.92 Å². The Hall–Kier alpha value is -0.270. The highest BCUT2D eigenvalue weighted by molar-refractivity contribution is 6.67. The zero-order chi connectivity index (χ0) is 8.27. The highest BCUT2D eigenvalue weighted by atomic mass is 35.5. The maximum atomic E-state index is 10.7. The lowest BCUT2D eigenvalue weighted by Crippen LogP contribution is -2.07. The van der Waals surface area contributed by atoms with Gasteiger partial charge in [-0.2, -0.15) is 0 Å². The van der Waals surface area contributed by atoms with E-state index in [1.165, 1.54) is 0 Å². The van der Waals surface area contributed by atoms with E-state index < -0.39 is 0 Å². The summed E-state index contributed by atoms with van der Waals surface area (Å²) >= 11 is 10.9. The van der Waals surface area contributed by atoms with Crippen molar-refractivity contribution in [3.05, 3.63) is 23.8 Å². The van der Waals surface area contributed by atoms with Gasteiger partial charge in [-0.15, -0.1) is 11.6 Å². The van der Waals surface area contributed by atoms with E-state index in [1.807, 2.05) is 12.2 Å². The topological polar surface area (TPSA) is 17.1 Å². The fourth-order valence-electron chi connectivity index (χ4n) is 0.999. The molecule has 1 unspecified atom stereocenters. The van der Waals surface area contributed by atoms with Crippen LogP contribution in [0.5, 0.6) is 0 Å². The first-order valence-corrected chi connectivity index (χ1v) is 4.28. The predicted octanol–water partition coefficient (Wildman–Crippen LogP) is 2.49. The van der Waals surface area contributed by atoms with E-state index in [9.17, 15) is 4.79 Å². The Bertz CT molecular complexity index is 218. The first-order chi connectivity index (χ1) is 5.24. The third-order valence-corrected chi connectivity index (χ3v) is 2.25. The van der Waals surface area contributed by atoms with Gasteiger partial charge in [0.1, 0.15) is 0 Å². The number of carbonyl (C=O) groups excluding carboxylic acids is 1. The average molecular weight is 191 g/mol. The van der Waals surface area contributed by atoms with Crippen LogP contribution in [0.25, 0.3) is 0 Å². The summed E-state index contributed by atoms with van der Waals surface area (Å²) in [6.07, 6.45) is 6.21. The maximum Gasteiger partial charge on any atom is 0.248 e. The number of carbonyl (C=O) groups is 1. The van der Waals surface area contributed by atoms with Gasteiger partial charge in [-0.05, 0) is 23.9 Å². The largest absolute Gasteiger partial charge is 0.276 e. The number of allylic oxidation sites excluding steroid dienone is 4. The summed E-state index contributed by atoms with van der Waals surface area (Å²) in [6, 6.07) is 0. The van der Waals surface area contributed by atoms with Gasteiger partial charge in [0.15, 0.2) is 0 Å². The van der Waals surface area contributed by atoms with E-state index in [2.05, 4.69) is 0 Å². The Morgan fingerprint density at radius 3 is 3.00 bits per heavy atom. The Morgan fingerprint density at radius 2 is 2.45 bits per heavy atom. The van der Waals surface area contributed by atoms with E-state index in [0.29, 0.717) is 17.9 Å². The molecule has 0 saturated heterocycles. The van der Waals surface area contributed by atoms with Gasteiger partial charge in [0.25, 0.3) is 0 Å². The zero-order valence-corrected chi connectivity index (χ0v) is 7.40. The molecule has 0 fully saturated rings. The van der Waals surface area contributed by atoms with Crippen LogP contribution in [0.2, 0.25) is 0 Å². The molecule has 3 heteroatoms. The van der Waals surface area contributed by atoms with Crippen molar-refractivity contribution in [2.75, 3.05) is 5.88 Å². The standard InChI is InChI=1S/C8H8Cl2O/c9-5-6-2-1-3-7(4-6)8(10)11/h1-3,6H,4-5H2. The van der Waals surface area contributed by atoms with Gasteiger partial charge in [-0.1, -0.05) is 18.2 Å². The summed E-state index contributed by atoms with van der Waals surface area (Å²) < 4.78 is 0. The normalized spacial score (nSPS) is 23.1. The molecule has 0 heterocycles. The van der Waals surface area contributed by atoms with Crippen molar-refractivity contribution in [3.8, 4) is 0 Å². The molecule has 1 aliphatic rings. The number of hydrogen-bond acceptors (Lipinski definition) is 1. The van der Waals surface area contributed by atoms with Gasteiger partial charge < -0.3 is 0 Å². The molecule has 0 aliphatic heterocycles. The highest BCUT2D eigenvalue weighted by Crippen LogP contribution is 2.21. The monoisotopic (exact) mass is 190 g/mol. The van der Waals surface area contributed by atoms with Crippen molar-refractivity contribution in [1.82, 2.24) is 0 Å². The average Bonchev–Trinajstić information content (AvgIpc) is 2.05. The van der Waals surface area contributed by atoms with Crippen molar-refractivity contribution in [3.63, 3.8) is 0 Å². The van der Waals surface area contributed by atoms with Crippen LogP contribution in [-0.4, -0.2) is 11.1 Å². The first-order valence-electron chi connectivity index (χ1n) is 3.37. The number of alkyl halides is 1. The number of halogens is 2. The molecular weight excluding hydrogens is 183 g/mol. The van der Waals surface area contributed by atoms with Crippen LogP contribution in [0, 0.1) is 5.92 Å². The van der Waals surface area contributed by atoms with E-state index in [-0.39, 0.29) is 11.2 Å². The molecule has 1 rings (SSSR count). The molecular formula is C8H8Cl2O. The van der Waals surface area contributed by atoms with Crippen molar-refractivity contribution < 1.29 is 4.79 Å². The molecule has 11 heavy (non-hydrogen) atoms. The molecule has 1 nitrogen and oxygen atoms in total. The van der Waals surface area contributed by atoms with E-state index in [4.69, 9.17) is 23.2 Å². The summed E-state index contributed by atoms with van der Waals surface area (Å²) in [6.45, 7) is 0. The minimum atomic E-state index is -0.371. The lowest BCUT2D eigenvalue weighted by Gasteiger charge is -2.12. The molecule has 0 aromatic carbocycles. The molecule has 0 bridgehead atoms. The second kappa shape index (κ2) is 3.93. The summed E-state index contributed by atoms with van der Waals surface area (Å²) in [4.78, 5) is 10.7. The van der Waals surface area contributed by atoms with Crippen molar-refractivity contribution >= 4 is 28.4 Å². The molecule has 0 amide bonds. The Kier molecular flexibility index (Phi) is 3.16. The molecule has 0 aromatic heterocycles. The third kappa shape index (κ3) is 2.35. The SMILES string of the molecule is O=C(Cl)C1=CC=CC(CCl)C1. The smallest absolute Gasteiger partial charge is 0.248 e. The van der Waals surface area contributed by atoms with Gasteiger partial charge in [0.05, 0.1) is 0 Å². The number of rotatable bonds is 2. The van der Waals surface area contributed by atoms with Crippen LogP contribution in [0.4, 0.5) is 0 Å². The molecule has 60 valence electrons. The molecule has 0 spiro atoms. The third-order valence-electron chi connectivity index (χ3n) is 1.61. The van der Waals surface area contributed by atoms with E-state index in [0.717, 1.165) is 0 Å². The fraction of sp³-hybridized carbons (Fsp3) is 0.375. The van der Waals surface area contributed by atoms with Crippen molar-refractivity contribution in [1.29, 1.82) is 0 Å². The molecule has 0 radical (unpaired) electrons. The lowest BCUT2D eigenvalue weighted by molar-refractivity contribution is -0.108. The van der Waals surface area contributed by atoms with Gasteiger partial charge in [0.2, 0.25) is 5.24 Å². The summed E-state index contributed by atoms with van der Waals surface area (Å²) in [5, 5.41) is -0.371. The quantitative estimate of drug-likeness (QED) is 0.484. The van der Waals surface area contributed by atoms with Gasteiger partial charge >= 0.3 is 0 Å². The second-order valence-electron chi connectivity index (χ2n) is 2.47. The van der Waals surface area contributed by atoms with Crippen LogP contribution in [-0.2, 0) is 4.79 Å². The summed E-state index contributed by atoms with van der Waals surface area (Å²) in [5.41, 5.74) is 0.653. The highest BCUT2D eigenvalue weighted by Gasteiger charge is 2.13. The zero-order valence-electron chi connectivity index (χ0n) is 5.89. The number of hydrogen-bond donors (Lipinski definition) is 0. The molecule has 1 aliphatic carbocycles. The molecule has 0 aromatic rings. The fourth-order valence-corrected chi connectivity index (χ4v) is 1.35. The first kappa shape index (κ1) is 8.82. The van der Waals surface area contributed by atoms with Crippen LogP contribution >= 0.6 is 23.2 Å². The van der Waals surface area contributed by atoms with Gasteiger partial charge in [-0.3, -0.25) is 4.79 Å². The van der Waals surface area contributed by atoms with Gasteiger partial charge in [0, 0.05) is 11.5 Å². The van der Waals surface area contributed by atoms with Crippen LogP contribution < -0.4 is 0 Å². The summed E-state index contributed by atoms with van der Waals surface area (Å²) in [7, 11) is 0. The Balaban J connectivity index is 2.64.